The molecule has 0 unspecified atom stereocenters. The molecule has 1 heterocycles. The minimum Gasteiger partial charge on any atom is -0.358 e. The lowest BCUT2D eigenvalue weighted by Gasteiger charge is -2.10. The second-order valence-corrected chi connectivity index (χ2v) is 5.44. The van der Waals surface area contributed by atoms with Gasteiger partial charge in [-0.3, -0.25) is 0 Å². The van der Waals surface area contributed by atoms with Crippen LogP contribution in [0.5, 0.6) is 0 Å². The summed E-state index contributed by atoms with van der Waals surface area (Å²) in [4.78, 5) is 3.51. The SMILES string of the molecule is Cc1cc(C)c(Cc2cc3ccccc3[nH]2)c(C)c1. The molecule has 1 N–H and O–H groups in total. The predicted molar refractivity (Wildman–Crippen MR) is 81.8 cm³/mol. The number of fused-ring (bicyclic) bond motifs is 1. The predicted octanol–water partition coefficient (Wildman–Crippen LogP) is 4.68. The molecule has 0 bridgehead atoms. The topological polar surface area (TPSA) is 15.8 Å². The molecule has 0 atom stereocenters. The number of H-pyrrole nitrogens is 1. The van der Waals surface area contributed by atoms with Gasteiger partial charge in [-0.05, 0) is 55.0 Å². The Morgan fingerprint density at radius 2 is 1.58 bits per heavy atom. The van der Waals surface area contributed by atoms with Gasteiger partial charge in [0.05, 0.1) is 0 Å². The van der Waals surface area contributed by atoms with E-state index in [1.165, 1.54) is 38.9 Å². The largest absolute Gasteiger partial charge is 0.358 e. The van der Waals surface area contributed by atoms with Crippen LogP contribution in [0.15, 0.2) is 42.5 Å². The fourth-order valence-electron chi connectivity index (χ4n) is 2.91. The Labute approximate surface area is 114 Å². The number of aromatic nitrogens is 1. The third kappa shape index (κ3) is 2.28. The van der Waals surface area contributed by atoms with Crippen molar-refractivity contribution in [2.75, 3.05) is 0 Å². The smallest absolute Gasteiger partial charge is 0.0456 e. The number of hydrogen-bond donors (Lipinski definition) is 1. The fourth-order valence-corrected chi connectivity index (χ4v) is 2.91. The molecule has 1 aromatic heterocycles. The summed E-state index contributed by atoms with van der Waals surface area (Å²) < 4.78 is 0. The van der Waals surface area contributed by atoms with E-state index in [1.54, 1.807) is 0 Å². The van der Waals surface area contributed by atoms with Gasteiger partial charge in [0.1, 0.15) is 0 Å². The Bertz CT molecular complexity index is 678. The first-order chi connectivity index (χ1) is 9.13. The Hall–Kier alpha value is -2.02. The highest BCUT2D eigenvalue weighted by Crippen LogP contribution is 2.22. The van der Waals surface area contributed by atoms with Crippen LogP contribution in [0.1, 0.15) is 27.9 Å². The lowest BCUT2D eigenvalue weighted by molar-refractivity contribution is 1.07. The number of benzene rings is 2. The summed E-state index contributed by atoms with van der Waals surface area (Å²) in [5.74, 6) is 0. The average Bonchev–Trinajstić information content (AvgIpc) is 2.76. The summed E-state index contributed by atoms with van der Waals surface area (Å²) in [6.45, 7) is 6.57. The molecule has 1 heteroatoms. The van der Waals surface area contributed by atoms with Crippen molar-refractivity contribution in [2.45, 2.75) is 27.2 Å². The van der Waals surface area contributed by atoms with Crippen molar-refractivity contribution in [3.05, 3.63) is 70.4 Å². The molecule has 0 saturated carbocycles. The van der Waals surface area contributed by atoms with Crippen molar-refractivity contribution in [3.63, 3.8) is 0 Å². The maximum atomic E-state index is 3.51. The van der Waals surface area contributed by atoms with Crippen LogP contribution < -0.4 is 0 Å². The zero-order valence-electron chi connectivity index (χ0n) is 11.7. The standard InChI is InChI=1S/C18H19N/c1-12-8-13(2)17(14(3)9-12)11-16-10-15-6-4-5-7-18(15)19-16/h4-10,19H,11H2,1-3H3. The van der Waals surface area contributed by atoms with E-state index < -0.39 is 0 Å². The van der Waals surface area contributed by atoms with Gasteiger partial charge in [0.25, 0.3) is 0 Å². The Morgan fingerprint density at radius 1 is 0.895 bits per heavy atom. The molecular formula is C18H19N. The molecule has 0 saturated heterocycles. The summed E-state index contributed by atoms with van der Waals surface area (Å²) >= 11 is 0. The molecule has 0 spiro atoms. The van der Waals surface area contributed by atoms with Gasteiger partial charge < -0.3 is 4.98 Å². The maximum Gasteiger partial charge on any atom is 0.0456 e. The van der Waals surface area contributed by atoms with Crippen LogP contribution >= 0.6 is 0 Å². The molecule has 3 aromatic rings. The van der Waals surface area contributed by atoms with Crippen LogP contribution in [0.2, 0.25) is 0 Å². The quantitative estimate of drug-likeness (QED) is 0.678. The van der Waals surface area contributed by atoms with Gasteiger partial charge in [-0.1, -0.05) is 35.9 Å². The van der Waals surface area contributed by atoms with Crippen molar-refractivity contribution in [2.24, 2.45) is 0 Å². The summed E-state index contributed by atoms with van der Waals surface area (Å²) in [6.07, 6.45) is 0.979. The summed E-state index contributed by atoms with van der Waals surface area (Å²) in [5, 5.41) is 1.29. The zero-order chi connectivity index (χ0) is 13.4. The average molecular weight is 249 g/mol. The lowest BCUT2D eigenvalue weighted by Crippen LogP contribution is -1.96. The lowest BCUT2D eigenvalue weighted by atomic mass is 9.96. The second-order valence-electron chi connectivity index (χ2n) is 5.44. The van der Waals surface area contributed by atoms with Gasteiger partial charge in [-0.15, -0.1) is 0 Å². The fraction of sp³-hybridized carbons (Fsp3) is 0.222. The van der Waals surface area contributed by atoms with Crippen LogP contribution in [-0.2, 0) is 6.42 Å². The Kier molecular flexibility index (Phi) is 2.90. The van der Waals surface area contributed by atoms with E-state index in [1.807, 2.05) is 0 Å². The van der Waals surface area contributed by atoms with E-state index in [9.17, 15) is 0 Å². The Morgan fingerprint density at radius 3 is 2.26 bits per heavy atom. The van der Waals surface area contributed by atoms with Gasteiger partial charge in [0, 0.05) is 17.6 Å². The third-order valence-electron chi connectivity index (χ3n) is 3.79. The van der Waals surface area contributed by atoms with Crippen molar-refractivity contribution in [3.8, 4) is 0 Å². The van der Waals surface area contributed by atoms with Crippen LogP contribution in [-0.4, -0.2) is 4.98 Å². The molecule has 0 radical (unpaired) electrons. The highest BCUT2D eigenvalue weighted by Gasteiger charge is 2.07. The molecule has 2 aromatic carbocycles. The second kappa shape index (κ2) is 4.58. The molecule has 0 aliphatic rings. The summed E-state index contributed by atoms with van der Waals surface area (Å²) in [6, 6.07) is 15.2. The van der Waals surface area contributed by atoms with Crippen LogP contribution in [0, 0.1) is 20.8 Å². The number of rotatable bonds is 2. The van der Waals surface area contributed by atoms with Crippen LogP contribution in [0.3, 0.4) is 0 Å². The van der Waals surface area contributed by atoms with Crippen molar-refractivity contribution >= 4 is 10.9 Å². The van der Waals surface area contributed by atoms with Crippen molar-refractivity contribution in [1.82, 2.24) is 4.98 Å². The van der Waals surface area contributed by atoms with E-state index in [2.05, 4.69) is 68.2 Å². The Balaban J connectivity index is 2.01. The van der Waals surface area contributed by atoms with E-state index in [0.29, 0.717) is 0 Å². The first-order valence-corrected chi connectivity index (χ1v) is 6.77. The number of aryl methyl sites for hydroxylation is 3. The van der Waals surface area contributed by atoms with Crippen molar-refractivity contribution in [1.29, 1.82) is 0 Å². The van der Waals surface area contributed by atoms with Gasteiger partial charge >= 0.3 is 0 Å². The van der Waals surface area contributed by atoms with E-state index in [0.717, 1.165) is 6.42 Å². The molecule has 19 heavy (non-hydrogen) atoms. The molecule has 0 fully saturated rings. The monoisotopic (exact) mass is 249 g/mol. The maximum absolute atomic E-state index is 3.51. The minimum absolute atomic E-state index is 0.979. The molecule has 0 aliphatic carbocycles. The summed E-state index contributed by atoms with van der Waals surface area (Å²) in [7, 11) is 0. The number of hydrogen-bond acceptors (Lipinski definition) is 0. The van der Waals surface area contributed by atoms with Gasteiger partial charge in [-0.2, -0.15) is 0 Å². The first kappa shape index (κ1) is 12.0. The van der Waals surface area contributed by atoms with Gasteiger partial charge in [-0.25, -0.2) is 0 Å². The van der Waals surface area contributed by atoms with Crippen LogP contribution in [0.25, 0.3) is 10.9 Å². The van der Waals surface area contributed by atoms with E-state index in [4.69, 9.17) is 0 Å². The van der Waals surface area contributed by atoms with Crippen LogP contribution in [0.4, 0.5) is 0 Å². The summed E-state index contributed by atoms with van der Waals surface area (Å²) in [5.41, 5.74) is 8.07. The van der Waals surface area contributed by atoms with Gasteiger partial charge in [0.2, 0.25) is 0 Å². The van der Waals surface area contributed by atoms with E-state index in [-0.39, 0.29) is 0 Å². The van der Waals surface area contributed by atoms with Gasteiger partial charge in [0.15, 0.2) is 0 Å². The molecule has 1 nitrogen and oxygen atoms in total. The van der Waals surface area contributed by atoms with Crippen molar-refractivity contribution < 1.29 is 0 Å². The molecule has 0 amide bonds. The normalized spacial score (nSPS) is 11.1. The molecule has 96 valence electrons. The number of para-hydroxylation sites is 1. The number of nitrogens with one attached hydrogen (secondary N) is 1. The highest BCUT2D eigenvalue weighted by atomic mass is 14.7. The highest BCUT2D eigenvalue weighted by molar-refractivity contribution is 5.80. The number of aromatic amines is 1. The molecular weight excluding hydrogens is 230 g/mol. The zero-order valence-corrected chi connectivity index (χ0v) is 11.7. The molecule has 0 aliphatic heterocycles. The molecule has 3 rings (SSSR count). The third-order valence-corrected chi connectivity index (χ3v) is 3.79. The van der Waals surface area contributed by atoms with E-state index >= 15 is 0 Å². The first-order valence-electron chi connectivity index (χ1n) is 6.77. The minimum atomic E-state index is 0.979.